The Balaban J connectivity index is 1.83. The minimum atomic E-state index is -3.18. The summed E-state index contributed by atoms with van der Waals surface area (Å²) in [5.41, 5.74) is 0. The summed E-state index contributed by atoms with van der Waals surface area (Å²) in [4.78, 5) is 16.4. The van der Waals surface area contributed by atoms with Crippen LogP contribution in [0.4, 0.5) is 0 Å². The van der Waals surface area contributed by atoms with E-state index in [0.717, 1.165) is 38.9 Å². The lowest BCUT2D eigenvalue weighted by atomic mass is 10.00. The Kier molecular flexibility index (Phi) is 5.62. The molecule has 0 aromatic heterocycles. The first-order valence-electron chi connectivity index (χ1n) is 7.81. The van der Waals surface area contributed by atoms with Gasteiger partial charge in [0.25, 0.3) is 0 Å². The zero-order chi connectivity index (χ0) is 15.5. The minimum absolute atomic E-state index is 0.0678. The van der Waals surface area contributed by atoms with Crippen molar-refractivity contribution >= 4 is 15.9 Å². The molecule has 2 heterocycles. The molecule has 2 aliphatic rings. The van der Waals surface area contributed by atoms with E-state index >= 15 is 0 Å². The van der Waals surface area contributed by atoms with Gasteiger partial charge in [-0.15, -0.1) is 0 Å². The van der Waals surface area contributed by atoms with Gasteiger partial charge in [-0.05, 0) is 38.1 Å². The molecule has 0 saturated carbocycles. The van der Waals surface area contributed by atoms with E-state index in [4.69, 9.17) is 0 Å². The third kappa shape index (κ3) is 5.56. The number of hydrogen-bond acceptors (Lipinski definition) is 4. The average molecular weight is 317 g/mol. The second kappa shape index (κ2) is 7.07. The fraction of sp³-hybridized carbons (Fsp3) is 0.929. The van der Waals surface area contributed by atoms with Crippen molar-refractivity contribution in [3.8, 4) is 0 Å². The number of carbonyl (C=O) groups excluding carboxylic acids is 1. The Labute approximate surface area is 127 Å². The molecule has 2 atom stereocenters. The fourth-order valence-corrected chi connectivity index (χ4v) is 4.10. The van der Waals surface area contributed by atoms with Crippen LogP contribution in [0.3, 0.4) is 0 Å². The van der Waals surface area contributed by atoms with Crippen molar-refractivity contribution in [2.24, 2.45) is 5.92 Å². The van der Waals surface area contributed by atoms with Crippen LogP contribution in [-0.4, -0.2) is 69.1 Å². The summed E-state index contributed by atoms with van der Waals surface area (Å²) < 4.78 is 25.3. The molecule has 0 radical (unpaired) electrons. The van der Waals surface area contributed by atoms with Gasteiger partial charge in [0.2, 0.25) is 15.9 Å². The van der Waals surface area contributed by atoms with Crippen LogP contribution in [0.5, 0.6) is 0 Å². The highest BCUT2D eigenvalue weighted by Crippen LogP contribution is 2.16. The number of likely N-dealkylation sites (tertiary alicyclic amines) is 2. The predicted molar refractivity (Wildman–Crippen MR) is 82.4 cm³/mol. The Morgan fingerprint density at radius 2 is 1.90 bits per heavy atom. The molecule has 0 unspecified atom stereocenters. The molecule has 2 saturated heterocycles. The molecule has 0 aromatic rings. The molecule has 0 aromatic carbocycles. The van der Waals surface area contributed by atoms with Crippen LogP contribution in [0, 0.1) is 5.92 Å². The average Bonchev–Trinajstić information content (AvgIpc) is 2.37. The highest BCUT2D eigenvalue weighted by molar-refractivity contribution is 7.88. The first kappa shape index (κ1) is 16.7. The quantitative estimate of drug-likeness (QED) is 0.807. The van der Waals surface area contributed by atoms with E-state index in [2.05, 4.69) is 16.5 Å². The van der Waals surface area contributed by atoms with E-state index in [1.54, 1.807) is 0 Å². The number of carbonyl (C=O) groups is 1. The first-order valence-corrected chi connectivity index (χ1v) is 9.70. The molecule has 0 spiro atoms. The number of amides is 1. The summed E-state index contributed by atoms with van der Waals surface area (Å²) in [6.07, 6.45) is 5.25. The summed E-state index contributed by atoms with van der Waals surface area (Å²) in [5.74, 6) is 0.769. The summed E-state index contributed by atoms with van der Waals surface area (Å²) in [6, 6.07) is -0.0678. The molecule has 2 fully saturated rings. The molecule has 1 amide bonds. The van der Waals surface area contributed by atoms with E-state index < -0.39 is 10.0 Å². The van der Waals surface area contributed by atoms with E-state index in [1.165, 1.54) is 12.7 Å². The first-order chi connectivity index (χ1) is 9.83. The molecule has 0 bridgehead atoms. The maximum Gasteiger partial charge on any atom is 0.236 e. The monoisotopic (exact) mass is 317 g/mol. The van der Waals surface area contributed by atoms with Crippen LogP contribution in [0.15, 0.2) is 0 Å². The maximum atomic E-state index is 12.3. The van der Waals surface area contributed by atoms with Crippen molar-refractivity contribution in [2.45, 2.75) is 38.6 Å². The van der Waals surface area contributed by atoms with Crippen LogP contribution < -0.4 is 4.72 Å². The van der Waals surface area contributed by atoms with Crippen LogP contribution in [0.25, 0.3) is 0 Å². The molecule has 6 nitrogen and oxygen atoms in total. The molecule has 21 heavy (non-hydrogen) atoms. The molecule has 1 N–H and O–H groups in total. The van der Waals surface area contributed by atoms with Crippen LogP contribution in [-0.2, 0) is 14.8 Å². The van der Waals surface area contributed by atoms with Gasteiger partial charge in [-0.1, -0.05) is 6.92 Å². The molecule has 7 heteroatoms. The fourth-order valence-electron chi connectivity index (χ4n) is 3.31. The Bertz CT molecular complexity index is 466. The summed E-state index contributed by atoms with van der Waals surface area (Å²) in [7, 11) is -3.18. The lowest BCUT2D eigenvalue weighted by Gasteiger charge is -2.36. The molecular formula is C14H27N3O3S. The van der Waals surface area contributed by atoms with Gasteiger partial charge >= 0.3 is 0 Å². The van der Waals surface area contributed by atoms with Crippen LogP contribution >= 0.6 is 0 Å². The van der Waals surface area contributed by atoms with Gasteiger partial charge in [0.05, 0.1) is 12.8 Å². The van der Waals surface area contributed by atoms with Crippen molar-refractivity contribution in [3.63, 3.8) is 0 Å². The van der Waals surface area contributed by atoms with Gasteiger partial charge in [-0.3, -0.25) is 9.69 Å². The Morgan fingerprint density at radius 3 is 2.57 bits per heavy atom. The minimum Gasteiger partial charge on any atom is -0.341 e. The lowest BCUT2D eigenvalue weighted by Crippen LogP contribution is -2.51. The zero-order valence-electron chi connectivity index (χ0n) is 13.0. The standard InChI is InChI=1S/C14H27N3O3S/c1-12-5-3-8-17(9-12)14(18)11-16-7-4-6-13(10-16)15-21(2,19)20/h12-13,15H,3-11H2,1-2H3/t12-,13+/m1/s1. The molecular weight excluding hydrogens is 290 g/mol. The van der Waals surface area contributed by atoms with Crippen molar-refractivity contribution in [2.75, 3.05) is 39.0 Å². The van der Waals surface area contributed by atoms with Crippen molar-refractivity contribution in [1.82, 2.24) is 14.5 Å². The molecule has 2 rings (SSSR count). The van der Waals surface area contributed by atoms with Gasteiger partial charge in [0, 0.05) is 25.7 Å². The Morgan fingerprint density at radius 1 is 1.19 bits per heavy atom. The third-order valence-electron chi connectivity index (χ3n) is 4.25. The highest BCUT2D eigenvalue weighted by Gasteiger charge is 2.26. The van der Waals surface area contributed by atoms with Crippen molar-refractivity contribution in [3.05, 3.63) is 0 Å². The highest BCUT2D eigenvalue weighted by atomic mass is 32.2. The normalized spacial score (nSPS) is 28.6. The third-order valence-corrected chi connectivity index (χ3v) is 5.02. The predicted octanol–water partition coefficient (Wildman–Crippen LogP) is 0.259. The number of rotatable bonds is 4. The largest absolute Gasteiger partial charge is 0.341 e. The van der Waals surface area contributed by atoms with E-state index in [0.29, 0.717) is 19.0 Å². The Hall–Kier alpha value is -0.660. The number of sulfonamides is 1. The molecule has 0 aliphatic carbocycles. The number of nitrogens with one attached hydrogen (secondary N) is 1. The summed E-state index contributed by atoms with van der Waals surface area (Å²) in [6.45, 7) is 5.82. The summed E-state index contributed by atoms with van der Waals surface area (Å²) in [5, 5.41) is 0. The SMILES string of the molecule is C[C@@H]1CCCN(C(=O)CN2CCC[C@H](NS(C)(=O)=O)C2)C1. The molecule has 2 aliphatic heterocycles. The number of nitrogens with zero attached hydrogens (tertiary/aromatic N) is 2. The van der Waals surface area contributed by atoms with Crippen LogP contribution in [0.1, 0.15) is 32.6 Å². The van der Waals surface area contributed by atoms with Gasteiger partial charge in [-0.25, -0.2) is 13.1 Å². The van der Waals surface area contributed by atoms with Gasteiger partial charge in [0.15, 0.2) is 0 Å². The number of hydrogen-bond donors (Lipinski definition) is 1. The summed E-state index contributed by atoms with van der Waals surface area (Å²) >= 11 is 0. The second-order valence-electron chi connectivity index (χ2n) is 6.55. The molecule has 122 valence electrons. The number of piperidine rings is 2. The van der Waals surface area contributed by atoms with E-state index in [9.17, 15) is 13.2 Å². The van der Waals surface area contributed by atoms with Gasteiger partial charge in [0.1, 0.15) is 0 Å². The zero-order valence-corrected chi connectivity index (χ0v) is 13.9. The maximum absolute atomic E-state index is 12.3. The van der Waals surface area contributed by atoms with Crippen molar-refractivity contribution < 1.29 is 13.2 Å². The van der Waals surface area contributed by atoms with Crippen molar-refractivity contribution in [1.29, 1.82) is 0 Å². The van der Waals surface area contributed by atoms with E-state index in [1.807, 2.05) is 4.90 Å². The smallest absolute Gasteiger partial charge is 0.236 e. The van der Waals surface area contributed by atoms with Crippen LogP contribution in [0.2, 0.25) is 0 Å². The lowest BCUT2D eigenvalue weighted by molar-refractivity contribution is -0.134. The van der Waals surface area contributed by atoms with E-state index in [-0.39, 0.29) is 11.9 Å². The van der Waals surface area contributed by atoms with Gasteiger partial charge in [-0.2, -0.15) is 0 Å². The topological polar surface area (TPSA) is 69.7 Å². The second-order valence-corrected chi connectivity index (χ2v) is 8.33. The van der Waals surface area contributed by atoms with Gasteiger partial charge < -0.3 is 4.90 Å².